The molecule has 0 aliphatic carbocycles. The minimum atomic E-state index is 0.621. The first-order chi connectivity index (χ1) is 9.27. The second-order valence-corrected chi connectivity index (χ2v) is 5.64. The van der Waals surface area contributed by atoms with Gasteiger partial charge >= 0.3 is 0 Å². The quantitative estimate of drug-likeness (QED) is 0.729. The highest BCUT2D eigenvalue weighted by Gasteiger charge is 2.14. The van der Waals surface area contributed by atoms with Crippen LogP contribution in [-0.2, 0) is 24.2 Å². The van der Waals surface area contributed by atoms with Gasteiger partial charge in [-0.3, -0.25) is 0 Å². The first-order valence-corrected chi connectivity index (χ1v) is 7.47. The molecule has 5 heteroatoms. The monoisotopic (exact) mass is 266 g/mol. The van der Waals surface area contributed by atoms with Gasteiger partial charge in [-0.25, -0.2) is 0 Å². The van der Waals surface area contributed by atoms with Crippen LogP contribution in [0.4, 0.5) is 0 Å². The molecule has 108 valence electrons. The first-order valence-electron chi connectivity index (χ1n) is 7.47. The molecule has 1 N–H and O–H groups in total. The predicted octanol–water partition coefficient (Wildman–Crippen LogP) is 1.77. The molecule has 0 spiro atoms. The smallest absolute Gasteiger partial charge is 0.147 e. The predicted molar refractivity (Wildman–Crippen MR) is 74.9 cm³/mol. The van der Waals surface area contributed by atoms with Crippen molar-refractivity contribution < 1.29 is 4.74 Å². The second kappa shape index (κ2) is 7.60. The molecule has 19 heavy (non-hydrogen) atoms. The summed E-state index contributed by atoms with van der Waals surface area (Å²) < 4.78 is 7.82. The average molecular weight is 266 g/mol. The SMILES string of the molecule is CC(C)COCCCNCc1nnc2n1CCCC2. The lowest BCUT2D eigenvalue weighted by atomic mass is 10.2. The van der Waals surface area contributed by atoms with Crippen molar-refractivity contribution in [3.05, 3.63) is 11.6 Å². The highest BCUT2D eigenvalue weighted by atomic mass is 16.5. The molecule has 0 bridgehead atoms. The minimum absolute atomic E-state index is 0.621. The molecule has 1 aromatic heterocycles. The van der Waals surface area contributed by atoms with Crippen LogP contribution in [0.25, 0.3) is 0 Å². The Balaban J connectivity index is 1.60. The number of aryl methyl sites for hydroxylation is 1. The van der Waals surface area contributed by atoms with E-state index in [-0.39, 0.29) is 0 Å². The van der Waals surface area contributed by atoms with Crippen molar-refractivity contribution in [3.63, 3.8) is 0 Å². The number of nitrogens with zero attached hydrogens (tertiary/aromatic N) is 3. The topological polar surface area (TPSA) is 52.0 Å². The van der Waals surface area contributed by atoms with Gasteiger partial charge in [0.2, 0.25) is 0 Å². The Bertz CT molecular complexity index is 376. The van der Waals surface area contributed by atoms with E-state index in [9.17, 15) is 0 Å². The Morgan fingerprint density at radius 2 is 2.21 bits per heavy atom. The lowest BCUT2D eigenvalue weighted by Gasteiger charge is -2.14. The van der Waals surface area contributed by atoms with Crippen molar-refractivity contribution in [1.29, 1.82) is 0 Å². The summed E-state index contributed by atoms with van der Waals surface area (Å²) in [6, 6.07) is 0. The fraction of sp³-hybridized carbons (Fsp3) is 0.857. The molecule has 5 nitrogen and oxygen atoms in total. The van der Waals surface area contributed by atoms with Gasteiger partial charge in [0.15, 0.2) is 0 Å². The van der Waals surface area contributed by atoms with Crippen LogP contribution < -0.4 is 5.32 Å². The fourth-order valence-corrected chi connectivity index (χ4v) is 2.32. The zero-order valence-corrected chi connectivity index (χ0v) is 12.2. The van der Waals surface area contributed by atoms with Crippen LogP contribution >= 0.6 is 0 Å². The van der Waals surface area contributed by atoms with Gasteiger partial charge in [-0.15, -0.1) is 10.2 Å². The Labute approximate surface area is 115 Å². The van der Waals surface area contributed by atoms with Crippen molar-refractivity contribution >= 4 is 0 Å². The molecule has 0 saturated heterocycles. The lowest BCUT2D eigenvalue weighted by Crippen LogP contribution is -2.21. The average Bonchev–Trinajstić information content (AvgIpc) is 2.81. The van der Waals surface area contributed by atoms with Crippen LogP contribution in [0.3, 0.4) is 0 Å². The molecular formula is C14H26N4O. The molecule has 1 aromatic rings. The Kier molecular flexibility index (Phi) is 5.79. The Morgan fingerprint density at radius 3 is 3.05 bits per heavy atom. The molecule has 0 unspecified atom stereocenters. The van der Waals surface area contributed by atoms with Gasteiger partial charge in [-0.1, -0.05) is 13.8 Å². The van der Waals surface area contributed by atoms with E-state index in [1.54, 1.807) is 0 Å². The highest BCUT2D eigenvalue weighted by Crippen LogP contribution is 2.13. The summed E-state index contributed by atoms with van der Waals surface area (Å²) in [4.78, 5) is 0. The number of fused-ring (bicyclic) bond motifs is 1. The Hall–Kier alpha value is -0.940. The zero-order chi connectivity index (χ0) is 13.5. The first kappa shape index (κ1) is 14.5. The third kappa shape index (κ3) is 4.58. The van der Waals surface area contributed by atoms with Gasteiger partial charge in [-0.2, -0.15) is 0 Å². The summed E-state index contributed by atoms with van der Waals surface area (Å²) >= 11 is 0. The minimum Gasteiger partial charge on any atom is -0.381 e. The van der Waals surface area contributed by atoms with Gasteiger partial charge < -0.3 is 14.6 Å². The summed E-state index contributed by atoms with van der Waals surface area (Å²) in [6.07, 6.45) is 4.63. The molecule has 0 radical (unpaired) electrons. The maximum atomic E-state index is 5.55. The summed E-state index contributed by atoms with van der Waals surface area (Å²) in [5.74, 6) is 2.86. The van der Waals surface area contributed by atoms with Crippen LogP contribution in [0.5, 0.6) is 0 Å². The number of aromatic nitrogens is 3. The van der Waals surface area contributed by atoms with Crippen LogP contribution in [0.2, 0.25) is 0 Å². The van der Waals surface area contributed by atoms with Crippen LogP contribution in [0.15, 0.2) is 0 Å². The summed E-state index contributed by atoms with van der Waals surface area (Å²) in [6.45, 7) is 8.91. The number of nitrogens with one attached hydrogen (secondary N) is 1. The Morgan fingerprint density at radius 1 is 1.32 bits per heavy atom. The standard InChI is InChI=1S/C14H26N4O/c1-12(2)11-19-9-5-7-15-10-14-17-16-13-6-3-4-8-18(13)14/h12,15H,3-11H2,1-2H3. The summed E-state index contributed by atoms with van der Waals surface area (Å²) in [5.41, 5.74) is 0. The van der Waals surface area contributed by atoms with Crippen molar-refractivity contribution in [2.45, 2.75) is 52.6 Å². The van der Waals surface area contributed by atoms with E-state index in [4.69, 9.17) is 4.74 Å². The van der Waals surface area contributed by atoms with Gasteiger partial charge in [0.05, 0.1) is 6.54 Å². The molecule has 1 aliphatic rings. The van der Waals surface area contributed by atoms with Gasteiger partial charge in [0.1, 0.15) is 11.6 Å². The molecule has 0 atom stereocenters. The van der Waals surface area contributed by atoms with E-state index >= 15 is 0 Å². The third-order valence-electron chi connectivity index (χ3n) is 3.31. The van der Waals surface area contributed by atoms with Gasteiger partial charge in [-0.05, 0) is 31.7 Å². The summed E-state index contributed by atoms with van der Waals surface area (Å²) in [5, 5.41) is 11.9. The maximum absolute atomic E-state index is 5.55. The van der Waals surface area contributed by atoms with E-state index in [0.717, 1.165) is 57.3 Å². The number of rotatable bonds is 8. The number of ether oxygens (including phenoxy) is 1. The van der Waals surface area contributed by atoms with Crippen LogP contribution in [0.1, 0.15) is 44.8 Å². The van der Waals surface area contributed by atoms with E-state index < -0.39 is 0 Å². The number of hydrogen-bond acceptors (Lipinski definition) is 4. The number of hydrogen-bond donors (Lipinski definition) is 1. The van der Waals surface area contributed by atoms with Crippen molar-refractivity contribution in [1.82, 2.24) is 20.1 Å². The normalized spacial score (nSPS) is 14.9. The largest absolute Gasteiger partial charge is 0.381 e. The zero-order valence-electron chi connectivity index (χ0n) is 12.2. The fourth-order valence-electron chi connectivity index (χ4n) is 2.32. The van der Waals surface area contributed by atoms with Crippen molar-refractivity contribution in [2.75, 3.05) is 19.8 Å². The van der Waals surface area contributed by atoms with Gasteiger partial charge in [0, 0.05) is 26.2 Å². The molecule has 0 aromatic carbocycles. The van der Waals surface area contributed by atoms with E-state index in [0.29, 0.717) is 5.92 Å². The molecule has 0 fully saturated rings. The molecule has 2 rings (SSSR count). The molecule has 2 heterocycles. The van der Waals surface area contributed by atoms with E-state index in [2.05, 4.69) is 33.9 Å². The molecule has 1 aliphatic heterocycles. The molecular weight excluding hydrogens is 240 g/mol. The molecule has 0 saturated carbocycles. The van der Waals surface area contributed by atoms with Crippen LogP contribution in [-0.4, -0.2) is 34.5 Å². The second-order valence-electron chi connectivity index (χ2n) is 5.64. The maximum Gasteiger partial charge on any atom is 0.147 e. The van der Waals surface area contributed by atoms with Gasteiger partial charge in [0.25, 0.3) is 0 Å². The van der Waals surface area contributed by atoms with E-state index in [1.165, 1.54) is 12.8 Å². The van der Waals surface area contributed by atoms with Crippen molar-refractivity contribution in [2.24, 2.45) is 5.92 Å². The highest BCUT2D eigenvalue weighted by molar-refractivity contribution is 4.98. The molecule has 0 amide bonds. The van der Waals surface area contributed by atoms with Crippen molar-refractivity contribution in [3.8, 4) is 0 Å². The lowest BCUT2D eigenvalue weighted by molar-refractivity contribution is 0.108. The van der Waals surface area contributed by atoms with E-state index in [1.807, 2.05) is 0 Å². The van der Waals surface area contributed by atoms with Crippen LogP contribution in [0, 0.1) is 5.92 Å². The summed E-state index contributed by atoms with van der Waals surface area (Å²) in [7, 11) is 0. The third-order valence-corrected chi connectivity index (χ3v) is 3.31.